The number of amides is 1. The van der Waals surface area contributed by atoms with Crippen LogP contribution >= 0.6 is 0 Å². The first kappa shape index (κ1) is 17.7. The van der Waals surface area contributed by atoms with Gasteiger partial charge in [-0.1, -0.05) is 48.5 Å². The molecule has 0 aliphatic rings. The third kappa shape index (κ3) is 3.42. The summed E-state index contributed by atoms with van der Waals surface area (Å²) in [5.41, 5.74) is 1.82. The lowest BCUT2D eigenvalue weighted by atomic mass is 10.0. The highest BCUT2D eigenvalue weighted by molar-refractivity contribution is 6.16. The van der Waals surface area contributed by atoms with Gasteiger partial charge in [0.05, 0.1) is 5.56 Å². The van der Waals surface area contributed by atoms with Gasteiger partial charge in [-0.15, -0.1) is 0 Å². The van der Waals surface area contributed by atoms with Crippen molar-refractivity contribution in [3.63, 3.8) is 0 Å². The van der Waals surface area contributed by atoms with E-state index in [2.05, 4.69) is 5.32 Å². The zero-order valence-corrected chi connectivity index (χ0v) is 14.9. The summed E-state index contributed by atoms with van der Waals surface area (Å²) >= 11 is 0. The van der Waals surface area contributed by atoms with E-state index in [-0.39, 0.29) is 18.0 Å². The van der Waals surface area contributed by atoms with Gasteiger partial charge in [0.25, 0.3) is 0 Å². The minimum Gasteiger partial charge on any atom is -0.337 e. The van der Waals surface area contributed by atoms with Crippen LogP contribution in [0.2, 0.25) is 0 Å². The Labute approximate surface area is 161 Å². The van der Waals surface area contributed by atoms with Crippen molar-refractivity contribution >= 4 is 28.3 Å². The number of halogens is 1. The Morgan fingerprint density at radius 3 is 2.29 bits per heavy atom. The van der Waals surface area contributed by atoms with Crippen LogP contribution in [0.1, 0.15) is 15.9 Å². The molecule has 0 spiro atoms. The predicted octanol–water partition coefficient (Wildman–Crippen LogP) is 4.65. The number of carbonyl (C=O) groups excluding carboxylic acids is 2. The van der Waals surface area contributed by atoms with Crippen molar-refractivity contribution in [1.82, 2.24) is 4.57 Å². The van der Waals surface area contributed by atoms with Crippen molar-refractivity contribution in [2.75, 3.05) is 5.32 Å². The number of benzene rings is 3. The summed E-state index contributed by atoms with van der Waals surface area (Å²) in [6.07, 6.45) is 1.62. The number of aromatic nitrogens is 1. The van der Waals surface area contributed by atoms with Crippen molar-refractivity contribution < 1.29 is 14.0 Å². The van der Waals surface area contributed by atoms with Crippen LogP contribution in [0.4, 0.5) is 10.1 Å². The number of ketones is 1. The molecule has 28 heavy (non-hydrogen) atoms. The highest BCUT2D eigenvalue weighted by Crippen LogP contribution is 2.25. The molecule has 0 fully saturated rings. The molecule has 1 heterocycles. The van der Waals surface area contributed by atoms with Crippen molar-refractivity contribution in [2.24, 2.45) is 0 Å². The van der Waals surface area contributed by atoms with Gasteiger partial charge in [0.15, 0.2) is 5.78 Å². The van der Waals surface area contributed by atoms with Crippen LogP contribution in [0.3, 0.4) is 0 Å². The van der Waals surface area contributed by atoms with Gasteiger partial charge in [-0.3, -0.25) is 9.59 Å². The summed E-state index contributed by atoms with van der Waals surface area (Å²) in [7, 11) is 0. The highest BCUT2D eigenvalue weighted by Gasteiger charge is 2.20. The van der Waals surface area contributed by atoms with Crippen LogP contribution in [0.15, 0.2) is 85.1 Å². The molecule has 5 heteroatoms. The minimum atomic E-state index is -0.564. The Bertz CT molecular complexity index is 1170. The van der Waals surface area contributed by atoms with Gasteiger partial charge in [0.2, 0.25) is 5.91 Å². The largest absolute Gasteiger partial charge is 0.337 e. The molecule has 0 bridgehead atoms. The average Bonchev–Trinajstić information content (AvgIpc) is 3.07. The fourth-order valence-corrected chi connectivity index (χ4v) is 3.23. The van der Waals surface area contributed by atoms with Crippen molar-refractivity contribution in [3.05, 3.63) is 102 Å². The lowest BCUT2D eigenvalue weighted by Gasteiger charge is -2.07. The number of nitrogens with zero attached hydrogens (tertiary/aromatic N) is 1. The fourth-order valence-electron chi connectivity index (χ4n) is 3.23. The topological polar surface area (TPSA) is 51.1 Å². The average molecular weight is 372 g/mol. The number of nitrogens with one attached hydrogen (secondary N) is 1. The van der Waals surface area contributed by atoms with Gasteiger partial charge in [0, 0.05) is 28.4 Å². The Hall–Kier alpha value is -3.73. The Morgan fingerprint density at radius 1 is 0.821 bits per heavy atom. The number of rotatable bonds is 5. The molecular weight excluding hydrogens is 355 g/mol. The Balaban J connectivity index is 1.68. The molecule has 0 radical (unpaired) electrons. The third-order valence-corrected chi connectivity index (χ3v) is 4.52. The van der Waals surface area contributed by atoms with E-state index in [0.29, 0.717) is 16.6 Å². The lowest BCUT2D eigenvalue weighted by Crippen LogP contribution is -2.18. The van der Waals surface area contributed by atoms with Gasteiger partial charge in [0.1, 0.15) is 12.4 Å². The summed E-state index contributed by atoms with van der Waals surface area (Å²) in [5, 5.41) is 3.51. The number of anilines is 1. The van der Waals surface area contributed by atoms with E-state index < -0.39 is 11.6 Å². The van der Waals surface area contributed by atoms with E-state index in [4.69, 9.17) is 0 Å². The van der Waals surface area contributed by atoms with Gasteiger partial charge >= 0.3 is 0 Å². The summed E-state index contributed by atoms with van der Waals surface area (Å²) < 4.78 is 15.8. The number of fused-ring (bicyclic) bond motifs is 1. The van der Waals surface area contributed by atoms with Crippen LogP contribution in [0, 0.1) is 5.82 Å². The van der Waals surface area contributed by atoms with E-state index in [9.17, 15) is 14.0 Å². The fraction of sp³-hybridized carbons (Fsp3) is 0.0435. The smallest absolute Gasteiger partial charge is 0.244 e. The normalized spacial score (nSPS) is 10.8. The Kier molecular flexibility index (Phi) is 4.72. The lowest BCUT2D eigenvalue weighted by molar-refractivity contribution is -0.116. The van der Waals surface area contributed by atoms with Crippen molar-refractivity contribution in [2.45, 2.75) is 6.54 Å². The second kappa shape index (κ2) is 7.48. The van der Waals surface area contributed by atoms with E-state index in [0.717, 1.165) is 5.52 Å². The van der Waals surface area contributed by atoms with Crippen LogP contribution in [-0.2, 0) is 11.3 Å². The van der Waals surface area contributed by atoms with Crippen LogP contribution < -0.4 is 5.32 Å². The number of hydrogen-bond donors (Lipinski definition) is 1. The van der Waals surface area contributed by atoms with Crippen LogP contribution in [0.25, 0.3) is 10.9 Å². The SMILES string of the molecule is O=C(Cn1cc(C(=O)c2ccccc2F)c2ccccc21)Nc1ccccc1. The molecule has 4 nitrogen and oxygen atoms in total. The van der Waals surface area contributed by atoms with Crippen LogP contribution in [0.5, 0.6) is 0 Å². The van der Waals surface area contributed by atoms with E-state index in [1.165, 1.54) is 12.1 Å². The van der Waals surface area contributed by atoms with E-state index in [1.54, 1.807) is 41.1 Å². The molecule has 4 rings (SSSR count). The first-order chi connectivity index (χ1) is 13.6. The molecule has 3 aromatic carbocycles. The second-order valence-electron chi connectivity index (χ2n) is 6.41. The van der Waals surface area contributed by atoms with Gasteiger partial charge in [-0.05, 0) is 30.3 Å². The maximum absolute atomic E-state index is 14.1. The molecule has 0 aliphatic heterocycles. The van der Waals surface area contributed by atoms with Gasteiger partial charge < -0.3 is 9.88 Å². The van der Waals surface area contributed by atoms with E-state index in [1.807, 2.05) is 36.4 Å². The molecule has 1 aromatic heterocycles. The van der Waals surface area contributed by atoms with Gasteiger partial charge in [-0.25, -0.2) is 4.39 Å². The molecule has 4 aromatic rings. The van der Waals surface area contributed by atoms with Crippen LogP contribution in [-0.4, -0.2) is 16.3 Å². The molecule has 1 amide bonds. The number of hydrogen-bond acceptors (Lipinski definition) is 2. The molecule has 0 saturated carbocycles. The predicted molar refractivity (Wildman–Crippen MR) is 107 cm³/mol. The minimum absolute atomic E-state index is 0.0131. The number of para-hydroxylation sites is 2. The molecule has 0 saturated heterocycles. The molecule has 138 valence electrons. The monoisotopic (exact) mass is 372 g/mol. The quantitative estimate of drug-likeness (QED) is 0.519. The molecule has 1 N–H and O–H groups in total. The highest BCUT2D eigenvalue weighted by atomic mass is 19.1. The maximum atomic E-state index is 14.1. The first-order valence-corrected chi connectivity index (χ1v) is 8.85. The van der Waals surface area contributed by atoms with Crippen molar-refractivity contribution in [3.8, 4) is 0 Å². The summed E-state index contributed by atoms with van der Waals surface area (Å²) in [5.74, 6) is -1.18. The summed E-state index contributed by atoms with van der Waals surface area (Å²) in [6.45, 7) is 0.0416. The number of carbonyl (C=O) groups is 2. The zero-order valence-electron chi connectivity index (χ0n) is 14.9. The zero-order chi connectivity index (χ0) is 19.5. The van der Waals surface area contributed by atoms with Crippen molar-refractivity contribution in [1.29, 1.82) is 0 Å². The van der Waals surface area contributed by atoms with Gasteiger partial charge in [-0.2, -0.15) is 0 Å². The summed E-state index contributed by atoms with van der Waals surface area (Å²) in [6, 6.07) is 22.3. The molecule has 0 unspecified atom stereocenters. The standard InChI is InChI=1S/C23H17FN2O2/c24-20-12-6-4-11-18(20)23(28)19-14-26(21-13-7-5-10-17(19)21)15-22(27)25-16-8-2-1-3-9-16/h1-14H,15H2,(H,25,27). The summed E-state index contributed by atoms with van der Waals surface area (Å²) in [4.78, 5) is 25.4. The Morgan fingerprint density at radius 2 is 1.50 bits per heavy atom. The molecular formula is C23H17FN2O2. The van der Waals surface area contributed by atoms with E-state index >= 15 is 0 Å². The molecule has 0 atom stereocenters. The second-order valence-corrected chi connectivity index (χ2v) is 6.41. The molecule has 0 aliphatic carbocycles. The maximum Gasteiger partial charge on any atom is 0.244 e. The first-order valence-electron chi connectivity index (χ1n) is 8.85. The third-order valence-electron chi connectivity index (χ3n) is 4.52.